The number of nitrogens with two attached hydrogens (primary N) is 2. The fourth-order valence-corrected chi connectivity index (χ4v) is 1.19. The highest BCUT2D eigenvalue weighted by atomic mass is 16.3. The van der Waals surface area contributed by atoms with Gasteiger partial charge in [-0.25, -0.2) is 4.98 Å². The minimum atomic E-state index is -0.589. The summed E-state index contributed by atoms with van der Waals surface area (Å²) in [7, 11) is 0. The molecule has 17 heavy (non-hydrogen) atoms. The van der Waals surface area contributed by atoms with E-state index in [0.717, 1.165) is 0 Å². The van der Waals surface area contributed by atoms with Crippen LogP contribution >= 0.6 is 0 Å². The molecule has 1 heterocycles. The number of aliphatic hydroxyl groups excluding tert-OH is 1. The molecule has 6 nitrogen and oxygen atoms in total. The predicted molar refractivity (Wildman–Crippen MR) is 66.5 cm³/mol. The summed E-state index contributed by atoms with van der Waals surface area (Å²) in [6.07, 6.45) is 1.45. The molecule has 0 aliphatic heterocycles. The lowest BCUT2D eigenvalue weighted by molar-refractivity contribution is 0.100. The van der Waals surface area contributed by atoms with Crippen molar-refractivity contribution in [3.05, 3.63) is 17.8 Å². The summed E-state index contributed by atoms with van der Waals surface area (Å²) in [5, 5.41) is 12.1. The number of nitrogen functional groups attached to an aromatic ring is 1. The fourth-order valence-electron chi connectivity index (χ4n) is 1.19. The Balaban J connectivity index is 2.88. The first kappa shape index (κ1) is 13.2. The maximum atomic E-state index is 11.2. The summed E-state index contributed by atoms with van der Waals surface area (Å²) in [5.41, 5.74) is 11.1. The van der Waals surface area contributed by atoms with E-state index in [9.17, 15) is 4.79 Å². The van der Waals surface area contributed by atoms with Crippen molar-refractivity contribution in [3.8, 4) is 0 Å². The van der Waals surface area contributed by atoms with Gasteiger partial charge >= 0.3 is 0 Å². The number of amides is 1. The molecule has 0 bridgehead atoms. The lowest BCUT2D eigenvalue weighted by Crippen LogP contribution is -2.28. The van der Waals surface area contributed by atoms with Crippen molar-refractivity contribution in [2.45, 2.75) is 13.8 Å². The van der Waals surface area contributed by atoms with Crippen LogP contribution in [0.15, 0.2) is 12.3 Å². The summed E-state index contributed by atoms with van der Waals surface area (Å²) in [6, 6.07) is 1.48. The van der Waals surface area contributed by atoms with Crippen LogP contribution < -0.4 is 16.8 Å². The molecule has 0 aliphatic rings. The molecule has 6 N–H and O–H groups in total. The van der Waals surface area contributed by atoms with Crippen molar-refractivity contribution in [3.63, 3.8) is 0 Å². The molecule has 0 fully saturated rings. The van der Waals surface area contributed by atoms with Crippen LogP contribution in [0.1, 0.15) is 24.2 Å². The second kappa shape index (κ2) is 5.01. The Morgan fingerprint density at radius 2 is 2.24 bits per heavy atom. The van der Waals surface area contributed by atoms with Gasteiger partial charge in [-0.1, -0.05) is 13.8 Å². The Morgan fingerprint density at radius 1 is 1.59 bits per heavy atom. The van der Waals surface area contributed by atoms with Crippen LogP contribution in [0.2, 0.25) is 0 Å². The van der Waals surface area contributed by atoms with E-state index in [1.165, 1.54) is 12.3 Å². The minimum Gasteiger partial charge on any atom is -0.397 e. The minimum absolute atomic E-state index is 0.0286. The van der Waals surface area contributed by atoms with Crippen LogP contribution in [0.25, 0.3) is 0 Å². The summed E-state index contributed by atoms with van der Waals surface area (Å²) in [5.74, 6) is -0.206. The Labute approximate surface area is 100 Å². The van der Waals surface area contributed by atoms with Crippen molar-refractivity contribution in [2.75, 3.05) is 24.2 Å². The number of carbonyl (C=O) groups excluding carboxylic acids is 1. The number of nitrogens with one attached hydrogen (secondary N) is 1. The van der Waals surface area contributed by atoms with E-state index in [1.54, 1.807) is 0 Å². The van der Waals surface area contributed by atoms with Crippen molar-refractivity contribution in [1.82, 2.24) is 4.98 Å². The molecule has 0 spiro atoms. The highest BCUT2D eigenvalue weighted by Crippen LogP contribution is 2.18. The Hall–Kier alpha value is -1.82. The highest BCUT2D eigenvalue weighted by Gasteiger charge is 2.18. The second-order valence-electron chi connectivity index (χ2n) is 4.70. The molecule has 1 aromatic heterocycles. The third-order valence-corrected chi connectivity index (χ3v) is 2.34. The number of aromatic nitrogens is 1. The van der Waals surface area contributed by atoms with E-state index in [1.807, 2.05) is 13.8 Å². The second-order valence-corrected chi connectivity index (χ2v) is 4.70. The Bertz CT molecular complexity index is 418. The van der Waals surface area contributed by atoms with E-state index in [-0.39, 0.29) is 17.6 Å². The third kappa shape index (κ3) is 3.60. The number of pyridine rings is 1. The van der Waals surface area contributed by atoms with Crippen LogP contribution in [0.3, 0.4) is 0 Å². The molecule has 1 aromatic rings. The molecule has 0 aliphatic carbocycles. The molecule has 94 valence electrons. The molecule has 1 rings (SSSR count). The maximum absolute atomic E-state index is 11.2. The number of rotatable bonds is 5. The van der Waals surface area contributed by atoms with Crippen molar-refractivity contribution >= 4 is 17.4 Å². The number of anilines is 2. The number of hydrogen-bond donors (Lipinski definition) is 4. The molecule has 0 aromatic carbocycles. The van der Waals surface area contributed by atoms with Crippen LogP contribution in [0.4, 0.5) is 11.5 Å². The monoisotopic (exact) mass is 238 g/mol. The Morgan fingerprint density at radius 3 is 2.76 bits per heavy atom. The van der Waals surface area contributed by atoms with E-state index < -0.39 is 5.91 Å². The number of primary amides is 1. The average Bonchev–Trinajstić information content (AvgIpc) is 2.27. The summed E-state index contributed by atoms with van der Waals surface area (Å²) >= 11 is 0. The first-order chi connectivity index (χ1) is 7.85. The smallest absolute Gasteiger partial charge is 0.252 e. The number of hydrogen-bond acceptors (Lipinski definition) is 5. The van der Waals surface area contributed by atoms with Crippen LogP contribution in [0.5, 0.6) is 0 Å². The molecule has 0 atom stereocenters. The molecule has 0 unspecified atom stereocenters. The third-order valence-electron chi connectivity index (χ3n) is 2.34. The van der Waals surface area contributed by atoms with Crippen molar-refractivity contribution in [2.24, 2.45) is 11.1 Å². The average molecular weight is 238 g/mol. The molecule has 0 saturated carbocycles. The van der Waals surface area contributed by atoms with Gasteiger partial charge < -0.3 is 21.9 Å². The first-order valence-electron chi connectivity index (χ1n) is 5.26. The molecule has 6 heteroatoms. The zero-order valence-corrected chi connectivity index (χ0v) is 10.0. The Kier molecular flexibility index (Phi) is 3.90. The molecular formula is C11H18N4O2. The van der Waals surface area contributed by atoms with Gasteiger partial charge in [-0.3, -0.25) is 4.79 Å². The summed E-state index contributed by atoms with van der Waals surface area (Å²) in [4.78, 5) is 15.2. The zero-order valence-electron chi connectivity index (χ0n) is 10.0. The molecule has 0 saturated heterocycles. The van der Waals surface area contributed by atoms with Gasteiger partial charge in [0, 0.05) is 18.6 Å². The number of nitrogens with zero attached hydrogens (tertiary/aromatic N) is 1. The van der Waals surface area contributed by atoms with Gasteiger partial charge in [0.05, 0.1) is 17.4 Å². The molecular weight excluding hydrogens is 220 g/mol. The van der Waals surface area contributed by atoms with E-state index in [2.05, 4.69) is 10.3 Å². The van der Waals surface area contributed by atoms with Crippen molar-refractivity contribution < 1.29 is 9.90 Å². The van der Waals surface area contributed by atoms with E-state index in [4.69, 9.17) is 16.6 Å². The highest BCUT2D eigenvalue weighted by molar-refractivity contribution is 5.98. The van der Waals surface area contributed by atoms with Gasteiger partial charge in [0.15, 0.2) is 0 Å². The van der Waals surface area contributed by atoms with Gasteiger partial charge in [-0.05, 0) is 6.07 Å². The summed E-state index contributed by atoms with van der Waals surface area (Å²) < 4.78 is 0. The SMILES string of the molecule is CC(C)(CO)CNc1ncc(N)cc1C(N)=O. The van der Waals surface area contributed by atoms with E-state index >= 15 is 0 Å². The van der Waals surface area contributed by atoms with Crippen molar-refractivity contribution in [1.29, 1.82) is 0 Å². The maximum Gasteiger partial charge on any atom is 0.252 e. The van der Waals surface area contributed by atoms with Gasteiger partial charge in [-0.15, -0.1) is 0 Å². The number of carbonyl (C=O) groups is 1. The molecule has 1 amide bonds. The van der Waals surface area contributed by atoms with Gasteiger partial charge in [0.1, 0.15) is 5.82 Å². The normalized spacial score (nSPS) is 11.2. The van der Waals surface area contributed by atoms with Crippen LogP contribution in [-0.2, 0) is 0 Å². The predicted octanol–water partition coefficient (Wildman–Crippen LogP) is 0.193. The molecule has 0 radical (unpaired) electrons. The van der Waals surface area contributed by atoms with Crippen LogP contribution in [0, 0.1) is 5.41 Å². The summed E-state index contributed by atoms with van der Waals surface area (Å²) in [6.45, 7) is 4.28. The van der Waals surface area contributed by atoms with E-state index in [0.29, 0.717) is 18.1 Å². The lowest BCUT2D eigenvalue weighted by Gasteiger charge is -2.22. The topological polar surface area (TPSA) is 114 Å². The standard InChI is InChI=1S/C11H18N4O2/c1-11(2,6-16)5-15-10-8(9(13)17)3-7(12)4-14-10/h3-4,16H,5-6,12H2,1-2H3,(H2,13,17)(H,14,15). The van der Waals surface area contributed by atoms with Crippen LogP contribution in [-0.4, -0.2) is 29.1 Å². The lowest BCUT2D eigenvalue weighted by atomic mass is 9.95. The number of aliphatic hydroxyl groups is 1. The largest absolute Gasteiger partial charge is 0.397 e. The zero-order chi connectivity index (χ0) is 13.1. The van der Waals surface area contributed by atoms with Gasteiger partial charge in [0.2, 0.25) is 0 Å². The quantitative estimate of drug-likeness (QED) is 0.584. The van der Waals surface area contributed by atoms with Gasteiger partial charge in [0.25, 0.3) is 5.91 Å². The first-order valence-corrected chi connectivity index (χ1v) is 5.26. The van der Waals surface area contributed by atoms with Gasteiger partial charge in [-0.2, -0.15) is 0 Å². The fraction of sp³-hybridized carbons (Fsp3) is 0.455.